The summed E-state index contributed by atoms with van der Waals surface area (Å²) in [6.45, 7) is 2.13. The summed E-state index contributed by atoms with van der Waals surface area (Å²) in [5, 5.41) is 5.15. The minimum Gasteiger partial charge on any atom is -0.308 e. The molecule has 0 spiro atoms. The highest BCUT2D eigenvalue weighted by molar-refractivity contribution is 5.99. The third-order valence-electron chi connectivity index (χ3n) is 3.50. The zero-order valence-corrected chi connectivity index (χ0v) is 13.3. The van der Waals surface area contributed by atoms with Gasteiger partial charge in [0.25, 0.3) is 0 Å². The van der Waals surface area contributed by atoms with E-state index in [0.717, 1.165) is 31.4 Å². The van der Waals surface area contributed by atoms with Gasteiger partial charge >= 0.3 is 12.2 Å². The summed E-state index contributed by atoms with van der Waals surface area (Å²) in [7, 11) is 0. The number of hydrogen-bond acceptors (Lipinski definition) is 1. The highest BCUT2D eigenvalue weighted by atomic mass is 19.4. The molecule has 0 aliphatic carbocycles. The standard InChI is InChI=1S/C18H19F3N2O/c1-2-3-4-13-5-9-15(10-6-13)22-17(24)23-16-11-7-14(8-12-16)18(19,20)21/h5-12H,2-4H2,1H3,(H2,22,23,24). The SMILES string of the molecule is CCCCc1ccc(NC(=O)Nc2ccc(C(F)(F)F)cc2)cc1. The summed E-state index contributed by atoms with van der Waals surface area (Å²) >= 11 is 0. The Morgan fingerprint density at radius 1 is 0.917 bits per heavy atom. The molecule has 0 radical (unpaired) electrons. The molecule has 2 rings (SSSR count). The summed E-state index contributed by atoms with van der Waals surface area (Å²) in [6, 6.07) is 11.3. The summed E-state index contributed by atoms with van der Waals surface area (Å²) < 4.78 is 37.4. The maximum absolute atomic E-state index is 12.5. The van der Waals surface area contributed by atoms with Crippen LogP contribution in [0.2, 0.25) is 0 Å². The summed E-state index contributed by atoms with van der Waals surface area (Å²) in [6.07, 6.45) is -1.16. The van der Waals surface area contributed by atoms with Crippen LogP contribution in [-0.2, 0) is 12.6 Å². The van der Waals surface area contributed by atoms with Crippen molar-refractivity contribution in [2.24, 2.45) is 0 Å². The number of alkyl halides is 3. The molecule has 128 valence electrons. The second kappa shape index (κ2) is 7.86. The monoisotopic (exact) mass is 336 g/mol. The number of benzene rings is 2. The number of aryl methyl sites for hydroxylation is 1. The highest BCUT2D eigenvalue weighted by Crippen LogP contribution is 2.29. The summed E-state index contributed by atoms with van der Waals surface area (Å²) in [5.74, 6) is 0. The molecule has 24 heavy (non-hydrogen) atoms. The van der Waals surface area contributed by atoms with Gasteiger partial charge in [-0.05, 0) is 54.8 Å². The number of anilines is 2. The molecule has 0 atom stereocenters. The Labute approximate surface area is 138 Å². The van der Waals surface area contributed by atoms with Crippen molar-refractivity contribution in [2.45, 2.75) is 32.4 Å². The van der Waals surface area contributed by atoms with Crippen LogP contribution in [0.5, 0.6) is 0 Å². The van der Waals surface area contributed by atoms with Crippen molar-refractivity contribution in [1.82, 2.24) is 0 Å². The fourth-order valence-corrected chi connectivity index (χ4v) is 2.17. The molecule has 3 nitrogen and oxygen atoms in total. The molecule has 2 amide bonds. The Bertz CT molecular complexity index is 664. The smallest absolute Gasteiger partial charge is 0.308 e. The average Bonchev–Trinajstić information content (AvgIpc) is 2.54. The van der Waals surface area contributed by atoms with Crippen LogP contribution in [-0.4, -0.2) is 6.03 Å². The molecule has 0 aliphatic rings. The van der Waals surface area contributed by atoms with E-state index in [2.05, 4.69) is 17.6 Å². The lowest BCUT2D eigenvalue weighted by molar-refractivity contribution is -0.137. The zero-order valence-electron chi connectivity index (χ0n) is 13.3. The van der Waals surface area contributed by atoms with E-state index in [4.69, 9.17) is 0 Å². The first kappa shape index (κ1) is 17.8. The lowest BCUT2D eigenvalue weighted by atomic mass is 10.1. The maximum Gasteiger partial charge on any atom is 0.416 e. The largest absolute Gasteiger partial charge is 0.416 e. The molecule has 0 bridgehead atoms. The quantitative estimate of drug-likeness (QED) is 0.723. The van der Waals surface area contributed by atoms with Crippen molar-refractivity contribution in [2.75, 3.05) is 10.6 Å². The predicted molar refractivity (Wildman–Crippen MR) is 89.1 cm³/mol. The van der Waals surface area contributed by atoms with Crippen molar-refractivity contribution in [3.8, 4) is 0 Å². The number of halogens is 3. The molecule has 0 heterocycles. The van der Waals surface area contributed by atoms with Crippen LogP contribution >= 0.6 is 0 Å². The molecule has 6 heteroatoms. The van der Waals surface area contributed by atoms with E-state index in [1.165, 1.54) is 17.7 Å². The Morgan fingerprint density at radius 2 is 1.42 bits per heavy atom. The van der Waals surface area contributed by atoms with E-state index in [0.29, 0.717) is 11.4 Å². The second-order valence-electron chi connectivity index (χ2n) is 5.45. The fraction of sp³-hybridized carbons (Fsp3) is 0.278. The van der Waals surface area contributed by atoms with E-state index in [9.17, 15) is 18.0 Å². The minimum atomic E-state index is -4.39. The summed E-state index contributed by atoms with van der Waals surface area (Å²) in [4.78, 5) is 11.9. The average molecular weight is 336 g/mol. The Balaban J connectivity index is 1.91. The number of unbranched alkanes of at least 4 members (excludes halogenated alkanes) is 1. The van der Waals surface area contributed by atoms with Crippen molar-refractivity contribution in [3.05, 3.63) is 59.7 Å². The van der Waals surface area contributed by atoms with Crippen molar-refractivity contribution in [3.63, 3.8) is 0 Å². The van der Waals surface area contributed by atoms with E-state index < -0.39 is 17.8 Å². The van der Waals surface area contributed by atoms with Gasteiger partial charge in [0, 0.05) is 11.4 Å². The topological polar surface area (TPSA) is 41.1 Å². The van der Waals surface area contributed by atoms with Crippen molar-refractivity contribution in [1.29, 1.82) is 0 Å². The van der Waals surface area contributed by atoms with Gasteiger partial charge in [0.15, 0.2) is 0 Å². The van der Waals surface area contributed by atoms with Crippen LogP contribution in [0.4, 0.5) is 29.3 Å². The fourth-order valence-electron chi connectivity index (χ4n) is 2.17. The molecule has 0 saturated heterocycles. The van der Waals surface area contributed by atoms with E-state index in [1.807, 2.05) is 12.1 Å². The van der Waals surface area contributed by atoms with Gasteiger partial charge in [-0.15, -0.1) is 0 Å². The maximum atomic E-state index is 12.5. The van der Waals surface area contributed by atoms with Gasteiger partial charge < -0.3 is 10.6 Å². The van der Waals surface area contributed by atoms with Crippen molar-refractivity contribution >= 4 is 17.4 Å². The Hall–Kier alpha value is -2.50. The minimum absolute atomic E-state index is 0.292. The number of carbonyl (C=O) groups excluding carboxylic acids is 1. The first-order valence-corrected chi connectivity index (χ1v) is 7.72. The first-order valence-electron chi connectivity index (χ1n) is 7.72. The van der Waals surface area contributed by atoms with Gasteiger partial charge in [0.1, 0.15) is 0 Å². The molecule has 0 unspecified atom stereocenters. The zero-order chi connectivity index (χ0) is 17.6. The molecule has 2 aromatic rings. The van der Waals surface area contributed by atoms with Crippen LogP contribution in [0, 0.1) is 0 Å². The molecule has 0 aliphatic heterocycles. The molecular formula is C18H19F3N2O. The lowest BCUT2D eigenvalue weighted by Crippen LogP contribution is -2.19. The van der Waals surface area contributed by atoms with Crippen LogP contribution in [0.3, 0.4) is 0 Å². The number of carbonyl (C=O) groups is 1. The Morgan fingerprint density at radius 3 is 1.88 bits per heavy atom. The number of rotatable bonds is 5. The Kier molecular flexibility index (Phi) is 5.84. The number of hydrogen-bond donors (Lipinski definition) is 2. The van der Waals surface area contributed by atoms with E-state index in [-0.39, 0.29) is 0 Å². The van der Waals surface area contributed by atoms with Gasteiger partial charge in [-0.2, -0.15) is 13.2 Å². The van der Waals surface area contributed by atoms with Gasteiger partial charge in [-0.1, -0.05) is 25.5 Å². The molecule has 0 fully saturated rings. The number of amides is 2. The van der Waals surface area contributed by atoms with Gasteiger partial charge in [0.2, 0.25) is 0 Å². The second-order valence-corrected chi connectivity index (χ2v) is 5.45. The third-order valence-corrected chi connectivity index (χ3v) is 3.50. The third kappa shape index (κ3) is 5.30. The van der Waals surface area contributed by atoms with Gasteiger partial charge in [-0.3, -0.25) is 0 Å². The van der Waals surface area contributed by atoms with E-state index >= 15 is 0 Å². The van der Waals surface area contributed by atoms with Gasteiger partial charge in [0.05, 0.1) is 5.56 Å². The van der Waals surface area contributed by atoms with Crippen LogP contribution in [0.1, 0.15) is 30.9 Å². The lowest BCUT2D eigenvalue weighted by Gasteiger charge is -2.10. The van der Waals surface area contributed by atoms with Crippen LogP contribution in [0.15, 0.2) is 48.5 Å². The molecule has 2 N–H and O–H groups in total. The normalized spacial score (nSPS) is 11.2. The van der Waals surface area contributed by atoms with Crippen LogP contribution in [0.25, 0.3) is 0 Å². The molecular weight excluding hydrogens is 317 g/mol. The number of urea groups is 1. The highest BCUT2D eigenvalue weighted by Gasteiger charge is 2.29. The van der Waals surface area contributed by atoms with Gasteiger partial charge in [-0.25, -0.2) is 4.79 Å². The molecule has 2 aromatic carbocycles. The summed E-state index contributed by atoms with van der Waals surface area (Å²) in [5.41, 5.74) is 1.36. The molecule has 0 saturated carbocycles. The van der Waals surface area contributed by atoms with E-state index in [1.54, 1.807) is 12.1 Å². The molecule has 0 aromatic heterocycles. The first-order chi connectivity index (χ1) is 11.4. The predicted octanol–water partition coefficient (Wildman–Crippen LogP) is 5.69. The van der Waals surface area contributed by atoms with Crippen molar-refractivity contribution < 1.29 is 18.0 Å². The van der Waals surface area contributed by atoms with Crippen LogP contribution < -0.4 is 10.6 Å². The number of nitrogens with one attached hydrogen (secondary N) is 2.